The lowest BCUT2D eigenvalue weighted by Gasteiger charge is -2.13. The average Bonchev–Trinajstić information content (AvgIpc) is 3.40. The van der Waals surface area contributed by atoms with Crippen molar-refractivity contribution in [3.8, 4) is 6.07 Å². The van der Waals surface area contributed by atoms with Gasteiger partial charge in [0.1, 0.15) is 11.8 Å². The summed E-state index contributed by atoms with van der Waals surface area (Å²) in [6.07, 6.45) is -9.66. The largest absolute Gasteiger partial charge is 0.504 e. The van der Waals surface area contributed by atoms with Crippen molar-refractivity contribution in [2.75, 3.05) is 0 Å². The quantitative estimate of drug-likeness (QED) is 0.449. The van der Waals surface area contributed by atoms with Gasteiger partial charge < -0.3 is 9.84 Å². The Bertz CT molecular complexity index is 940. The summed E-state index contributed by atoms with van der Waals surface area (Å²) < 4.78 is 82.5. The molecule has 1 atom stereocenters. The van der Waals surface area contributed by atoms with Crippen LogP contribution in [-0.4, -0.2) is 10.1 Å². The van der Waals surface area contributed by atoms with Gasteiger partial charge in [0.25, 0.3) is 0 Å². The number of aromatic nitrogens is 1. The Labute approximate surface area is 147 Å². The highest BCUT2D eigenvalue weighted by Gasteiger charge is 2.41. The van der Waals surface area contributed by atoms with E-state index in [1.807, 2.05) is 0 Å². The van der Waals surface area contributed by atoms with E-state index in [9.17, 15) is 31.4 Å². The molecule has 1 saturated heterocycles. The topological polar surface area (TPSA) is 69.4 Å². The number of pyridine rings is 1. The number of rotatable bonds is 2. The Hall–Kier alpha value is -3.22. The minimum Gasteiger partial charge on any atom is -0.504 e. The molecule has 1 aromatic heterocycles. The maximum Gasteiger partial charge on any atom is 0.416 e. The Balaban J connectivity index is 2.03. The minimum atomic E-state index is -5.03. The number of nitriles is 1. The number of nitrogens with zero attached hydrogens (tertiary/aromatic N) is 2. The molecule has 1 aliphatic heterocycles. The standard InChI is InChI=1S/C17H8F6N2O2/c18-16(19,20)10-3-9(4-11(6-10)17(21,22)23)13(26)15-14(27-15)8-1-2-25-12(5-8)7-24/h1-6,14,26H/b15-13-. The van der Waals surface area contributed by atoms with Gasteiger partial charge in [0.05, 0.1) is 11.1 Å². The molecule has 1 fully saturated rings. The maximum absolute atomic E-state index is 12.9. The first-order valence-corrected chi connectivity index (χ1v) is 7.26. The molecule has 140 valence electrons. The fraction of sp³-hybridized carbons (Fsp3) is 0.176. The van der Waals surface area contributed by atoms with E-state index in [4.69, 9.17) is 10.00 Å². The number of benzene rings is 1. The lowest BCUT2D eigenvalue weighted by molar-refractivity contribution is -0.143. The van der Waals surface area contributed by atoms with Gasteiger partial charge in [-0.3, -0.25) is 0 Å². The molecular weight excluding hydrogens is 378 g/mol. The monoisotopic (exact) mass is 386 g/mol. The summed E-state index contributed by atoms with van der Waals surface area (Å²) in [5.41, 5.74) is -3.35. The molecule has 0 amide bonds. The predicted molar refractivity (Wildman–Crippen MR) is 78.8 cm³/mol. The summed E-state index contributed by atoms with van der Waals surface area (Å²) in [6, 6.07) is 5.33. The summed E-state index contributed by atoms with van der Waals surface area (Å²) in [4.78, 5) is 3.73. The van der Waals surface area contributed by atoms with Gasteiger partial charge in [-0.15, -0.1) is 0 Å². The summed E-state index contributed by atoms with van der Waals surface area (Å²) in [5, 5.41) is 18.9. The van der Waals surface area contributed by atoms with Gasteiger partial charge in [-0.2, -0.15) is 31.6 Å². The number of aliphatic hydroxyl groups is 1. The third kappa shape index (κ3) is 3.81. The Morgan fingerprint density at radius 3 is 2.15 bits per heavy atom. The summed E-state index contributed by atoms with van der Waals surface area (Å²) >= 11 is 0. The second kappa shape index (κ2) is 6.19. The molecule has 2 heterocycles. The van der Waals surface area contributed by atoms with E-state index < -0.39 is 40.9 Å². The Morgan fingerprint density at radius 2 is 1.63 bits per heavy atom. The lowest BCUT2D eigenvalue weighted by Crippen LogP contribution is -2.11. The third-order valence-electron chi connectivity index (χ3n) is 3.72. The molecule has 0 saturated carbocycles. The molecular formula is C17H8F6N2O2. The van der Waals surface area contributed by atoms with Crippen molar-refractivity contribution < 1.29 is 36.2 Å². The van der Waals surface area contributed by atoms with Crippen LogP contribution in [0.4, 0.5) is 26.3 Å². The molecule has 0 aliphatic carbocycles. The first kappa shape index (κ1) is 18.6. The van der Waals surface area contributed by atoms with Crippen LogP contribution in [0.5, 0.6) is 0 Å². The van der Waals surface area contributed by atoms with Crippen LogP contribution in [0.15, 0.2) is 42.3 Å². The summed E-state index contributed by atoms with van der Waals surface area (Å²) in [6.45, 7) is 0. The van der Waals surface area contributed by atoms with E-state index in [1.54, 1.807) is 6.07 Å². The summed E-state index contributed by atoms with van der Waals surface area (Å²) in [5.74, 6) is -1.04. The number of ether oxygens (including phenoxy) is 1. The highest BCUT2D eigenvalue weighted by atomic mass is 19.4. The number of epoxide rings is 1. The van der Waals surface area contributed by atoms with Crippen molar-refractivity contribution in [3.63, 3.8) is 0 Å². The van der Waals surface area contributed by atoms with Gasteiger partial charge in [0, 0.05) is 17.3 Å². The number of alkyl halides is 6. The van der Waals surface area contributed by atoms with Crippen LogP contribution in [0, 0.1) is 11.3 Å². The third-order valence-corrected chi connectivity index (χ3v) is 3.72. The SMILES string of the molecule is N#Cc1cc(C2O/C2=C(\O)c2cc(C(F)(F)F)cc(C(F)(F)F)c2)ccn1. The van der Waals surface area contributed by atoms with Gasteiger partial charge in [0.2, 0.25) is 0 Å². The summed E-state index contributed by atoms with van der Waals surface area (Å²) in [7, 11) is 0. The molecule has 0 spiro atoms. The molecule has 0 radical (unpaired) electrons. The highest BCUT2D eigenvalue weighted by molar-refractivity contribution is 5.66. The molecule has 1 aromatic carbocycles. The average molecular weight is 386 g/mol. The Kier molecular flexibility index (Phi) is 4.26. The van der Waals surface area contributed by atoms with Crippen molar-refractivity contribution in [1.29, 1.82) is 5.26 Å². The lowest BCUT2D eigenvalue weighted by atomic mass is 10.0. The minimum absolute atomic E-state index is 0.0330. The van der Waals surface area contributed by atoms with Gasteiger partial charge in [-0.25, -0.2) is 4.98 Å². The van der Waals surface area contributed by atoms with Crippen molar-refractivity contribution in [2.45, 2.75) is 18.5 Å². The normalized spacial score (nSPS) is 18.5. The van der Waals surface area contributed by atoms with Crippen LogP contribution in [0.1, 0.15) is 34.1 Å². The van der Waals surface area contributed by atoms with Gasteiger partial charge in [-0.05, 0) is 30.3 Å². The van der Waals surface area contributed by atoms with Gasteiger partial charge in [-0.1, -0.05) is 0 Å². The van der Waals surface area contributed by atoms with Crippen LogP contribution in [-0.2, 0) is 17.1 Å². The molecule has 3 rings (SSSR count). The van der Waals surface area contributed by atoms with E-state index in [0.29, 0.717) is 17.7 Å². The molecule has 0 bridgehead atoms. The molecule has 10 heteroatoms. The molecule has 1 unspecified atom stereocenters. The second-order valence-electron chi connectivity index (χ2n) is 5.59. The Morgan fingerprint density at radius 1 is 1.04 bits per heavy atom. The molecule has 1 N–H and O–H groups in total. The maximum atomic E-state index is 12.9. The van der Waals surface area contributed by atoms with Crippen LogP contribution >= 0.6 is 0 Å². The smallest absolute Gasteiger partial charge is 0.416 e. The van der Waals surface area contributed by atoms with E-state index >= 15 is 0 Å². The van der Waals surface area contributed by atoms with Gasteiger partial charge in [0.15, 0.2) is 17.6 Å². The van der Waals surface area contributed by atoms with E-state index in [0.717, 1.165) is 0 Å². The number of hydrogen-bond donors (Lipinski definition) is 1. The van der Waals surface area contributed by atoms with Crippen molar-refractivity contribution in [1.82, 2.24) is 4.98 Å². The number of halogens is 6. The van der Waals surface area contributed by atoms with Crippen molar-refractivity contribution in [3.05, 3.63) is 70.2 Å². The van der Waals surface area contributed by atoms with Crippen molar-refractivity contribution >= 4 is 5.76 Å². The van der Waals surface area contributed by atoms with Gasteiger partial charge >= 0.3 is 12.4 Å². The molecule has 27 heavy (non-hydrogen) atoms. The highest BCUT2D eigenvalue weighted by Crippen LogP contribution is 2.47. The molecule has 2 aromatic rings. The fourth-order valence-corrected chi connectivity index (χ4v) is 2.40. The molecule has 1 aliphatic rings. The first-order chi connectivity index (χ1) is 12.5. The fourth-order valence-electron chi connectivity index (χ4n) is 2.40. The molecule has 4 nitrogen and oxygen atoms in total. The van der Waals surface area contributed by atoms with Crippen molar-refractivity contribution in [2.24, 2.45) is 0 Å². The van der Waals surface area contributed by atoms with Crippen LogP contribution < -0.4 is 0 Å². The second-order valence-corrected chi connectivity index (χ2v) is 5.59. The van der Waals surface area contributed by atoms with Crippen LogP contribution in [0.3, 0.4) is 0 Å². The zero-order valence-corrected chi connectivity index (χ0v) is 13.1. The van der Waals surface area contributed by atoms with E-state index in [-0.39, 0.29) is 17.5 Å². The van der Waals surface area contributed by atoms with Crippen LogP contribution in [0.2, 0.25) is 0 Å². The first-order valence-electron chi connectivity index (χ1n) is 7.26. The van der Waals surface area contributed by atoms with Crippen LogP contribution in [0.25, 0.3) is 5.76 Å². The predicted octanol–water partition coefficient (Wildman–Crippen LogP) is 4.99. The van der Waals surface area contributed by atoms with E-state index in [2.05, 4.69) is 4.98 Å². The number of hydrogen-bond acceptors (Lipinski definition) is 4. The zero-order valence-electron chi connectivity index (χ0n) is 13.1. The van der Waals surface area contributed by atoms with E-state index in [1.165, 1.54) is 18.3 Å². The zero-order chi connectivity index (χ0) is 20.0. The number of aliphatic hydroxyl groups excluding tert-OH is 1.